The average molecular weight is 382 g/mol. The lowest BCUT2D eigenvalue weighted by Gasteiger charge is -2.31. The Balaban J connectivity index is 1.64. The third kappa shape index (κ3) is 6.71. The summed E-state index contributed by atoms with van der Waals surface area (Å²) in [7, 11) is 0. The van der Waals surface area contributed by atoms with E-state index in [9.17, 15) is 9.59 Å². The van der Waals surface area contributed by atoms with Gasteiger partial charge in [0.1, 0.15) is 0 Å². The van der Waals surface area contributed by atoms with Crippen LogP contribution in [0.15, 0.2) is 28.7 Å². The number of amides is 2. The molecule has 6 heteroatoms. The third-order valence-electron chi connectivity index (χ3n) is 4.13. The Kier molecular flexibility index (Phi) is 7.05. The van der Waals surface area contributed by atoms with Gasteiger partial charge in [-0.15, -0.1) is 0 Å². The predicted molar refractivity (Wildman–Crippen MR) is 95.2 cm³/mol. The maximum Gasteiger partial charge on any atom is 0.225 e. The summed E-state index contributed by atoms with van der Waals surface area (Å²) in [4.78, 5) is 25.2. The Labute approximate surface area is 145 Å². The van der Waals surface area contributed by atoms with Crippen molar-refractivity contribution in [3.63, 3.8) is 0 Å². The number of likely N-dealkylation sites (tertiary alicyclic amines) is 1. The SMILES string of the molecule is CC(=O)NCC1CCN(CCC(=O)Nc2ccc(Br)cc2)CC1. The quantitative estimate of drug-likeness (QED) is 0.795. The number of benzene rings is 1. The molecule has 1 aromatic rings. The van der Waals surface area contributed by atoms with Crippen LogP contribution in [0.3, 0.4) is 0 Å². The molecule has 1 saturated heterocycles. The van der Waals surface area contributed by atoms with Crippen LogP contribution in [0, 0.1) is 5.92 Å². The van der Waals surface area contributed by atoms with Crippen molar-refractivity contribution in [2.24, 2.45) is 5.92 Å². The van der Waals surface area contributed by atoms with Crippen molar-refractivity contribution < 1.29 is 9.59 Å². The topological polar surface area (TPSA) is 61.4 Å². The molecule has 2 amide bonds. The zero-order chi connectivity index (χ0) is 16.7. The molecule has 0 radical (unpaired) electrons. The zero-order valence-electron chi connectivity index (χ0n) is 13.5. The number of anilines is 1. The minimum absolute atomic E-state index is 0.0389. The lowest BCUT2D eigenvalue weighted by Crippen LogP contribution is -2.39. The zero-order valence-corrected chi connectivity index (χ0v) is 15.1. The summed E-state index contributed by atoms with van der Waals surface area (Å²) < 4.78 is 0.998. The summed E-state index contributed by atoms with van der Waals surface area (Å²) >= 11 is 3.38. The first-order chi connectivity index (χ1) is 11.0. The van der Waals surface area contributed by atoms with Crippen LogP contribution in [0.5, 0.6) is 0 Å². The second-order valence-electron chi connectivity index (χ2n) is 6.03. The summed E-state index contributed by atoms with van der Waals surface area (Å²) in [5.74, 6) is 0.650. The number of carbonyl (C=O) groups is 2. The number of rotatable bonds is 6. The number of nitrogens with one attached hydrogen (secondary N) is 2. The van der Waals surface area contributed by atoms with Crippen molar-refractivity contribution >= 4 is 33.4 Å². The van der Waals surface area contributed by atoms with Gasteiger partial charge >= 0.3 is 0 Å². The van der Waals surface area contributed by atoms with Gasteiger partial charge in [0.2, 0.25) is 11.8 Å². The van der Waals surface area contributed by atoms with Crippen LogP contribution in [-0.4, -0.2) is 42.9 Å². The summed E-state index contributed by atoms with van der Waals surface area (Å²) in [6, 6.07) is 7.59. The summed E-state index contributed by atoms with van der Waals surface area (Å²) in [5, 5.41) is 5.80. The minimum Gasteiger partial charge on any atom is -0.356 e. The Bertz CT molecular complexity index is 525. The van der Waals surface area contributed by atoms with Gasteiger partial charge in [0.05, 0.1) is 0 Å². The number of piperidine rings is 1. The van der Waals surface area contributed by atoms with Crippen LogP contribution in [-0.2, 0) is 9.59 Å². The van der Waals surface area contributed by atoms with E-state index in [0.29, 0.717) is 12.3 Å². The first kappa shape index (κ1) is 17.9. The van der Waals surface area contributed by atoms with Crippen LogP contribution in [0.25, 0.3) is 0 Å². The fraction of sp³-hybridized carbons (Fsp3) is 0.529. The van der Waals surface area contributed by atoms with E-state index in [-0.39, 0.29) is 11.8 Å². The Morgan fingerprint density at radius 1 is 1.22 bits per heavy atom. The van der Waals surface area contributed by atoms with Gasteiger partial charge in [-0.1, -0.05) is 15.9 Å². The van der Waals surface area contributed by atoms with Crippen LogP contribution in [0.4, 0.5) is 5.69 Å². The summed E-state index contributed by atoms with van der Waals surface area (Å²) in [6.45, 7) is 5.10. The van der Waals surface area contributed by atoms with E-state index < -0.39 is 0 Å². The van der Waals surface area contributed by atoms with E-state index in [1.165, 1.54) is 0 Å². The molecule has 23 heavy (non-hydrogen) atoms. The molecule has 126 valence electrons. The van der Waals surface area contributed by atoms with Gasteiger partial charge in [0.15, 0.2) is 0 Å². The molecule has 0 bridgehead atoms. The monoisotopic (exact) mass is 381 g/mol. The molecular weight excluding hydrogens is 358 g/mol. The fourth-order valence-electron chi connectivity index (χ4n) is 2.72. The first-order valence-corrected chi connectivity index (χ1v) is 8.84. The molecule has 2 rings (SSSR count). The van der Waals surface area contributed by atoms with Crippen LogP contribution in [0.1, 0.15) is 26.2 Å². The molecule has 0 atom stereocenters. The Morgan fingerprint density at radius 3 is 2.48 bits per heavy atom. The van der Waals surface area contributed by atoms with Gasteiger partial charge in [0.25, 0.3) is 0 Å². The van der Waals surface area contributed by atoms with E-state index >= 15 is 0 Å². The minimum atomic E-state index is 0.0389. The molecule has 0 unspecified atom stereocenters. The van der Waals surface area contributed by atoms with Gasteiger partial charge < -0.3 is 15.5 Å². The number of halogens is 1. The molecule has 2 N–H and O–H groups in total. The molecule has 0 aromatic heterocycles. The number of carbonyl (C=O) groups excluding carboxylic acids is 2. The van der Waals surface area contributed by atoms with Crippen LogP contribution >= 0.6 is 15.9 Å². The average Bonchev–Trinajstić information content (AvgIpc) is 2.54. The lowest BCUT2D eigenvalue weighted by molar-refractivity contribution is -0.119. The standard InChI is InChI=1S/C17H24BrN3O2/c1-13(22)19-12-14-6-9-21(10-7-14)11-8-17(23)20-16-4-2-15(18)3-5-16/h2-5,14H,6-12H2,1H3,(H,19,22)(H,20,23). The van der Waals surface area contributed by atoms with Gasteiger partial charge in [-0.25, -0.2) is 0 Å². The normalized spacial score (nSPS) is 16.1. The maximum atomic E-state index is 12.0. The highest BCUT2D eigenvalue weighted by Gasteiger charge is 2.19. The number of hydrogen-bond donors (Lipinski definition) is 2. The van der Waals surface area contributed by atoms with Crippen molar-refractivity contribution in [1.82, 2.24) is 10.2 Å². The van der Waals surface area contributed by atoms with E-state index in [0.717, 1.165) is 49.2 Å². The molecule has 1 aliphatic rings. The molecule has 0 aliphatic carbocycles. The molecule has 1 fully saturated rings. The Morgan fingerprint density at radius 2 is 1.87 bits per heavy atom. The van der Waals surface area contributed by atoms with Gasteiger partial charge in [-0.3, -0.25) is 9.59 Å². The largest absolute Gasteiger partial charge is 0.356 e. The highest BCUT2D eigenvalue weighted by Crippen LogP contribution is 2.17. The van der Waals surface area contributed by atoms with E-state index in [2.05, 4.69) is 31.5 Å². The van der Waals surface area contributed by atoms with Crippen molar-refractivity contribution in [3.05, 3.63) is 28.7 Å². The van der Waals surface area contributed by atoms with Crippen molar-refractivity contribution in [3.8, 4) is 0 Å². The first-order valence-electron chi connectivity index (χ1n) is 8.05. The smallest absolute Gasteiger partial charge is 0.225 e. The molecule has 1 aromatic carbocycles. The third-order valence-corrected chi connectivity index (χ3v) is 4.66. The summed E-state index contributed by atoms with van der Waals surface area (Å²) in [5.41, 5.74) is 0.826. The van der Waals surface area contributed by atoms with Crippen LogP contribution < -0.4 is 10.6 Å². The molecule has 1 aliphatic heterocycles. The lowest BCUT2D eigenvalue weighted by atomic mass is 9.96. The maximum absolute atomic E-state index is 12.0. The molecular formula is C17H24BrN3O2. The second-order valence-corrected chi connectivity index (χ2v) is 6.94. The van der Waals surface area contributed by atoms with Gasteiger partial charge in [-0.05, 0) is 56.1 Å². The van der Waals surface area contributed by atoms with Crippen LogP contribution in [0.2, 0.25) is 0 Å². The summed E-state index contributed by atoms with van der Waals surface area (Å²) in [6.07, 6.45) is 2.66. The predicted octanol–water partition coefficient (Wildman–Crippen LogP) is 2.63. The van der Waals surface area contributed by atoms with Crippen molar-refractivity contribution in [1.29, 1.82) is 0 Å². The van der Waals surface area contributed by atoms with E-state index in [1.54, 1.807) is 6.92 Å². The second kappa shape index (κ2) is 9.03. The molecule has 1 heterocycles. The van der Waals surface area contributed by atoms with Crippen molar-refractivity contribution in [2.45, 2.75) is 26.2 Å². The fourth-order valence-corrected chi connectivity index (χ4v) is 2.98. The molecule has 5 nitrogen and oxygen atoms in total. The Hall–Kier alpha value is -1.40. The van der Waals surface area contributed by atoms with E-state index in [1.807, 2.05) is 24.3 Å². The number of nitrogens with zero attached hydrogens (tertiary/aromatic N) is 1. The van der Waals surface area contributed by atoms with E-state index in [4.69, 9.17) is 0 Å². The van der Waals surface area contributed by atoms with Gasteiger partial charge in [0, 0.05) is 36.6 Å². The molecule has 0 spiro atoms. The highest BCUT2D eigenvalue weighted by molar-refractivity contribution is 9.10. The highest BCUT2D eigenvalue weighted by atomic mass is 79.9. The van der Waals surface area contributed by atoms with Gasteiger partial charge in [-0.2, -0.15) is 0 Å². The number of hydrogen-bond acceptors (Lipinski definition) is 3. The molecule has 0 saturated carbocycles. The van der Waals surface area contributed by atoms with Crippen molar-refractivity contribution in [2.75, 3.05) is 31.5 Å².